The van der Waals surface area contributed by atoms with Crippen LogP contribution >= 0.6 is 34.8 Å². The topological polar surface area (TPSA) is 35.0 Å². The molecular formula is C13H9Cl3N2O. The molecule has 0 radical (unpaired) electrons. The molecule has 1 aliphatic carbocycles. The summed E-state index contributed by atoms with van der Waals surface area (Å²) in [5.74, 6) is 2.13. The van der Waals surface area contributed by atoms with Crippen molar-refractivity contribution in [1.82, 2.24) is 9.97 Å². The Bertz CT molecular complexity index is 629. The predicted molar refractivity (Wildman–Crippen MR) is 75.6 cm³/mol. The van der Waals surface area contributed by atoms with Crippen LogP contribution in [0, 0.1) is 0 Å². The van der Waals surface area contributed by atoms with E-state index in [0.29, 0.717) is 32.7 Å². The van der Waals surface area contributed by atoms with Gasteiger partial charge in [0.2, 0.25) is 5.88 Å². The molecule has 1 heterocycles. The molecule has 0 amide bonds. The van der Waals surface area contributed by atoms with E-state index < -0.39 is 0 Å². The average Bonchev–Trinajstić information content (AvgIpc) is 3.17. The number of nitrogens with zero attached hydrogens (tertiary/aromatic N) is 2. The highest BCUT2D eigenvalue weighted by Gasteiger charge is 2.27. The monoisotopic (exact) mass is 314 g/mol. The lowest BCUT2D eigenvalue weighted by molar-refractivity contribution is 0.458. The first-order valence-electron chi connectivity index (χ1n) is 5.79. The zero-order valence-corrected chi connectivity index (χ0v) is 12.0. The Morgan fingerprint density at radius 1 is 1.00 bits per heavy atom. The van der Waals surface area contributed by atoms with Crippen LogP contribution in [0.3, 0.4) is 0 Å². The maximum Gasteiger partial charge on any atom is 0.224 e. The van der Waals surface area contributed by atoms with Crippen LogP contribution in [0.25, 0.3) is 0 Å². The van der Waals surface area contributed by atoms with Crippen LogP contribution in [-0.4, -0.2) is 9.97 Å². The van der Waals surface area contributed by atoms with Gasteiger partial charge in [0.25, 0.3) is 0 Å². The molecule has 0 unspecified atom stereocenters. The number of hydrogen-bond acceptors (Lipinski definition) is 3. The van der Waals surface area contributed by atoms with Crippen molar-refractivity contribution in [3.8, 4) is 11.6 Å². The van der Waals surface area contributed by atoms with Crippen LogP contribution in [0.4, 0.5) is 0 Å². The van der Waals surface area contributed by atoms with E-state index in [0.717, 1.165) is 18.7 Å². The first-order valence-corrected chi connectivity index (χ1v) is 6.92. The molecule has 0 aliphatic heterocycles. The van der Waals surface area contributed by atoms with Crippen LogP contribution in [0.1, 0.15) is 24.6 Å². The third-order valence-corrected chi connectivity index (χ3v) is 3.68. The second-order valence-corrected chi connectivity index (χ2v) is 5.54. The van der Waals surface area contributed by atoms with Crippen LogP contribution in [0.2, 0.25) is 15.2 Å². The molecule has 0 bridgehead atoms. The molecule has 0 N–H and O–H groups in total. The summed E-state index contributed by atoms with van der Waals surface area (Å²) in [6, 6.07) is 6.61. The first-order chi connectivity index (χ1) is 9.11. The molecule has 3 rings (SSSR count). The van der Waals surface area contributed by atoms with E-state index in [4.69, 9.17) is 39.5 Å². The summed E-state index contributed by atoms with van der Waals surface area (Å²) in [5, 5.41) is 1.29. The number of rotatable bonds is 3. The number of hydrogen-bond donors (Lipinski definition) is 0. The number of aromatic nitrogens is 2. The quantitative estimate of drug-likeness (QED) is 0.739. The standard InChI is InChI=1S/C13H9Cl3N2O/c14-9-4-3-8(5-10(9)15)19-12-6-11(16)17-13(18-12)7-1-2-7/h3-7H,1-2H2. The van der Waals surface area contributed by atoms with Gasteiger partial charge in [0.1, 0.15) is 16.7 Å². The third kappa shape index (κ3) is 3.11. The van der Waals surface area contributed by atoms with Crippen molar-refractivity contribution in [2.45, 2.75) is 18.8 Å². The molecule has 0 spiro atoms. The largest absolute Gasteiger partial charge is 0.439 e. The Morgan fingerprint density at radius 3 is 2.47 bits per heavy atom. The number of halogens is 3. The molecular weight excluding hydrogens is 307 g/mol. The molecule has 1 saturated carbocycles. The van der Waals surface area contributed by atoms with Gasteiger partial charge in [0, 0.05) is 18.1 Å². The van der Waals surface area contributed by atoms with Crippen LogP contribution in [-0.2, 0) is 0 Å². The van der Waals surface area contributed by atoms with Gasteiger partial charge in [-0.3, -0.25) is 0 Å². The lowest BCUT2D eigenvalue weighted by Gasteiger charge is -2.07. The summed E-state index contributed by atoms with van der Waals surface area (Å²) >= 11 is 17.7. The molecule has 6 heteroatoms. The van der Waals surface area contributed by atoms with Gasteiger partial charge < -0.3 is 4.74 Å². The van der Waals surface area contributed by atoms with Crippen molar-refractivity contribution < 1.29 is 4.74 Å². The molecule has 3 nitrogen and oxygen atoms in total. The summed E-state index contributed by atoms with van der Waals surface area (Å²) in [5.41, 5.74) is 0. The van der Waals surface area contributed by atoms with Crippen molar-refractivity contribution in [2.75, 3.05) is 0 Å². The van der Waals surface area contributed by atoms with Crippen LogP contribution in [0.15, 0.2) is 24.3 Å². The Labute approximate surface area is 125 Å². The van der Waals surface area contributed by atoms with E-state index in [1.165, 1.54) is 0 Å². The maximum absolute atomic E-state index is 5.97. The molecule has 1 aromatic heterocycles. The summed E-state index contributed by atoms with van der Waals surface area (Å²) in [4.78, 5) is 8.55. The van der Waals surface area contributed by atoms with E-state index in [9.17, 15) is 0 Å². The minimum absolute atomic E-state index is 0.381. The highest BCUT2D eigenvalue weighted by molar-refractivity contribution is 6.42. The Morgan fingerprint density at radius 2 is 1.79 bits per heavy atom. The second kappa shape index (κ2) is 5.16. The fourth-order valence-electron chi connectivity index (χ4n) is 1.65. The number of ether oxygens (including phenoxy) is 1. The maximum atomic E-state index is 5.97. The van der Waals surface area contributed by atoms with Crippen molar-refractivity contribution in [3.63, 3.8) is 0 Å². The van der Waals surface area contributed by atoms with Gasteiger partial charge in [-0.05, 0) is 25.0 Å². The highest BCUT2D eigenvalue weighted by Crippen LogP contribution is 2.39. The van der Waals surface area contributed by atoms with Crippen molar-refractivity contribution >= 4 is 34.8 Å². The van der Waals surface area contributed by atoms with Gasteiger partial charge in [-0.2, -0.15) is 4.98 Å². The van der Waals surface area contributed by atoms with E-state index in [1.807, 2.05) is 0 Å². The zero-order chi connectivity index (χ0) is 13.4. The second-order valence-electron chi connectivity index (χ2n) is 4.34. The van der Waals surface area contributed by atoms with Gasteiger partial charge in [-0.1, -0.05) is 34.8 Å². The number of benzene rings is 1. The molecule has 2 aromatic rings. The predicted octanol–water partition coefficient (Wildman–Crippen LogP) is 5.11. The van der Waals surface area contributed by atoms with E-state index in [2.05, 4.69) is 9.97 Å². The fraction of sp³-hybridized carbons (Fsp3) is 0.231. The van der Waals surface area contributed by atoms with Crippen LogP contribution in [0.5, 0.6) is 11.6 Å². The Balaban J connectivity index is 1.87. The minimum Gasteiger partial charge on any atom is -0.439 e. The van der Waals surface area contributed by atoms with Gasteiger partial charge >= 0.3 is 0 Å². The van der Waals surface area contributed by atoms with Gasteiger partial charge in [-0.25, -0.2) is 4.98 Å². The first kappa shape index (κ1) is 13.0. The van der Waals surface area contributed by atoms with Gasteiger partial charge in [0.15, 0.2) is 0 Å². The van der Waals surface area contributed by atoms with E-state index in [-0.39, 0.29) is 0 Å². The van der Waals surface area contributed by atoms with Gasteiger partial charge in [-0.15, -0.1) is 0 Å². The minimum atomic E-state index is 0.381. The third-order valence-electron chi connectivity index (χ3n) is 2.74. The Kier molecular flexibility index (Phi) is 3.52. The zero-order valence-electron chi connectivity index (χ0n) is 9.74. The Hall–Kier alpha value is -1.03. The van der Waals surface area contributed by atoms with Crippen molar-refractivity contribution in [3.05, 3.63) is 45.3 Å². The normalized spacial score (nSPS) is 14.5. The molecule has 1 aromatic carbocycles. The summed E-state index contributed by atoms with van der Waals surface area (Å²) < 4.78 is 5.63. The SMILES string of the molecule is Clc1cc(Oc2ccc(Cl)c(Cl)c2)nc(C2CC2)n1. The average molecular weight is 316 g/mol. The fourth-order valence-corrected chi connectivity index (χ4v) is 2.12. The molecule has 98 valence electrons. The van der Waals surface area contributed by atoms with E-state index in [1.54, 1.807) is 24.3 Å². The molecule has 1 fully saturated rings. The molecule has 0 atom stereocenters. The molecule has 0 saturated heterocycles. The smallest absolute Gasteiger partial charge is 0.224 e. The molecule has 19 heavy (non-hydrogen) atoms. The van der Waals surface area contributed by atoms with Crippen molar-refractivity contribution in [2.24, 2.45) is 0 Å². The van der Waals surface area contributed by atoms with Crippen LogP contribution < -0.4 is 4.74 Å². The summed E-state index contributed by atoms with van der Waals surface area (Å²) in [6.07, 6.45) is 2.21. The summed E-state index contributed by atoms with van der Waals surface area (Å²) in [6.45, 7) is 0. The lowest BCUT2D eigenvalue weighted by Crippen LogP contribution is -1.96. The molecule has 1 aliphatic rings. The summed E-state index contributed by atoms with van der Waals surface area (Å²) in [7, 11) is 0. The highest BCUT2D eigenvalue weighted by atomic mass is 35.5. The van der Waals surface area contributed by atoms with Gasteiger partial charge in [0.05, 0.1) is 10.0 Å². The van der Waals surface area contributed by atoms with Crippen molar-refractivity contribution in [1.29, 1.82) is 0 Å². The van der Waals surface area contributed by atoms with E-state index >= 15 is 0 Å². The lowest BCUT2D eigenvalue weighted by atomic mass is 10.3.